The van der Waals surface area contributed by atoms with E-state index in [2.05, 4.69) is 15.2 Å². The van der Waals surface area contributed by atoms with Crippen molar-refractivity contribution in [2.75, 3.05) is 12.8 Å². The lowest BCUT2D eigenvalue weighted by Crippen LogP contribution is -2.11. The van der Waals surface area contributed by atoms with Gasteiger partial charge in [0.15, 0.2) is 23.1 Å². The van der Waals surface area contributed by atoms with Crippen molar-refractivity contribution in [2.45, 2.75) is 0 Å². The highest BCUT2D eigenvalue weighted by molar-refractivity contribution is 5.96. The number of esters is 1. The Labute approximate surface area is 159 Å². The van der Waals surface area contributed by atoms with Crippen LogP contribution < -0.4 is 5.73 Å². The van der Waals surface area contributed by atoms with E-state index in [-0.39, 0.29) is 16.9 Å². The number of H-pyrrole nitrogens is 1. The van der Waals surface area contributed by atoms with Gasteiger partial charge in [-0.05, 0) is 36.4 Å². The summed E-state index contributed by atoms with van der Waals surface area (Å²) in [6.07, 6.45) is 3.06. The van der Waals surface area contributed by atoms with Crippen LogP contribution in [-0.2, 0) is 4.74 Å². The summed E-state index contributed by atoms with van der Waals surface area (Å²) in [4.78, 5) is 16.5. The number of nitrogens with one attached hydrogen (secondary N) is 1. The first kappa shape index (κ1) is 17.1. The first-order valence-corrected chi connectivity index (χ1v) is 8.18. The molecule has 4 rings (SSSR count). The number of nitrogens with two attached hydrogens (primary N) is 1. The molecule has 0 saturated heterocycles. The predicted octanol–water partition coefficient (Wildman–Crippen LogP) is 2.76. The highest BCUT2D eigenvalue weighted by Gasteiger charge is 2.21. The average molecular weight is 374 g/mol. The molecule has 0 saturated carbocycles. The quantitative estimate of drug-likeness (QED) is 0.524. The average Bonchev–Trinajstić information content (AvgIpc) is 3.47. The van der Waals surface area contributed by atoms with Crippen molar-refractivity contribution in [1.29, 1.82) is 5.26 Å². The monoisotopic (exact) mass is 374 g/mol. The van der Waals surface area contributed by atoms with Gasteiger partial charge in [0.1, 0.15) is 6.07 Å². The highest BCUT2D eigenvalue weighted by Crippen LogP contribution is 2.26. The highest BCUT2D eigenvalue weighted by atomic mass is 16.5. The number of ether oxygens (including phenoxy) is 1. The van der Waals surface area contributed by atoms with E-state index in [0.29, 0.717) is 23.1 Å². The number of aromatic nitrogens is 4. The third-order valence-electron chi connectivity index (χ3n) is 4.19. The van der Waals surface area contributed by atoms with Gasteiger partial charge in [0.05, 0.1) is 24.6 Å². The van der Waals surface area contributed by atoms with Crippen molar-refractivity contribution >= 4 is 11.7 Å². The third kappa shape index (κ3) is 2.79. The number of methoxy groups -OCH3 is 1. The standard InChI is InChI=1S/C19H14N6O3/c1-27-19(26)16-15(21)12(9-20)10-25(16)13-6-4-11(5-7-13)17-22-18(24-23-17)14-3-2-8-28-14/h2-8,10H,21H2,1H3,(H,22,23,24). The molecule has 0 aliphatic rings. The van der Waals surface area contributed by atoms with E-state index >= 15 is 0 Å². The molecular formula is C19H14N6O3. The van der Waals surface area contributed by atoms with Gasteiger partial charge in [0, 0.05) is 17.4 Å². The number of hydrogen-bond acceptors (Lipinski definition) is 7. The second kappa shape index (κ2) is 6.77. The predicted molar refractivity (Wildman–Crippen MR) is 99.3 cm³/mol. The Balaban J connectivity index is 1.70. The molecule has 1 aromatic carbocycles. The van der Waals surface area contributed by atoms with E-state index in [4.69, 9.17) is 14.9 Å². The van der Waals surface area contributed by atoms with Crippen molar-refractivity contribution < 1.29 is 13.9 Å². The summed E-state index contributed by atoms with van der Waals surface area (Å²) >= 11 is 0. The second-order valence-electron chi connectivity index (χ2n) is 5.81. The van der Waals surface area contributed by atoms with Crippen molar-refractivity contribution in [3.63, 3.8) is 0 Å². The molecular weight excluding hydrogens is 360 g/mol. The number of nitrogen functional groups attached to an aromatic ring is 1. The summed E-state index contributed by atoms with van der Waals surface area (Å²) in [5.41, 5.74) is 7.70. The molecule has 9 heteroatoms. The van der Waals surface area contributed by atoms with E-state index in [9.17, 15) is 10.1 Å². The zero-order valence-corrected chi connectivity index (χ0v) is 14.7. The summed E-state index contributed by atoms with van der Waals surface area (Å²) in [7, 11) is 1.26. The molecule has 0 aliphatic carbocycles. The number of benzene rings is 1. The maximum atomic E-state index is 12.1. The summed E-state index contributed by atoms with van der Waals surface area (Å²) in [6, 6.07) is 12.7. The Hall–Kier alpha value is -4.32. The number of anilines is 1. The molecule has 3 aromatic heterocycles. The molecule has 3 heterocycles. The van der Waals surface area contributed by atoms with Crippen LogP contribution in [0.4, 0.5) is 5.69 Å². The number of aromatic amines is 1. The van der Waals surface area contributed by atoms with Crippen LogP contribution in [0.25, 0.3) is 28.7 Å². The summed E-state index contributed by atoms with van der Waals surface area (Å²) in [6.45, 7) is 0. The Morgan fingerprint density at radius 1 is 1.32 bits per heavy atom. The summed E-state index contributed by atoms with van der Waals surface area (Å²) in [5.74, 6) is 0.981. The molecule has 138 valence electrons. The van der Waals surface area contributed by atoms with Crippen LogP contribution in [0.15, 0.2) is 53.3 Å². The zero-order valence-electron chi connectivity index (χ0n) is 14.7. The summed E-state index contributed by atoms with van der Waals surface area (Å²) in [5, 5.41) is 16.2. The van der Waals surface area contributed by atoms with Gasteiger partial charge < -0.3 is 19.5 Å². The van der Waals surface area contributed by atoms with Gasteiger partial charge in [0.25, 0.3) is 0 Å². The molecule has 3 N–H and O–H groups in total. The molecule has 0 atom stereocenters. The molecule has 0 fully saturated rings. The third-order valence-corrected chi connectivity index (χ3v) is 4.19. The van der Waals surface area contributed by atoms with Gasteiger partial charge in [0.2, 0.25) is 0 Å². The Kier molecular flexibility index (Phi) is 4.14. The van der Waals surface area contributed by atoms with Crippen LogP contribution >= 0.6 is 0 Å². The largest absolute Gasteiger partial charge is 0.464 e. The lowest BCUT2D eigenvalue weighted by Gasteiger charge is -2.08. The topological polar surface area (TPSA) is 136 Å². The van der Waals surface area contributed by atoms with Crippen LogP contribution in [-0.4, -0.2) is 32.8 Å². The minimum atomic E-state index is -0.625. The number of carbonyl (C=O) groups excluding carboxylic acids is 1. The number of nitrogens with zero attached hydrogens (tertiary/aromatic N) is 4. The van der Waals surface area contributed by atoms with Crippen LogP contribution in [0, 0.1) is 11.3 Å². The van der Waals surface area contributed by atoms with E-state index in [1.165, 1.54) is 17.9 Å². The maximum Gasteiger partial charge on any atom is 0.357 e. The van der Waals surface area contributed by atoms with Gasteiger partial charge in [-0.1, -0.05) is 0 Å². The molecule has 0 amide bonds. The Morgan fingerprint density at radius 3 is 2.75 bits per heavy atom. The number of furan rings is 1. The van der Waals surface area contributed by atoms with Crippen LogP contribution in [0.5, 0.6) is 0 Å². The molecule has 0 bridgehead atoms. The Morgan fingerprint density at radius 2 is 2.11 bits per heavy atom. The van der Waals surface area contributed by atoms with Crippen LogP contribution in [0.3, 0.4) is 0 Å². The lowest BCUT2D eigenvalue weighted by molar-refractivity contribution is 0.0593. The molecule has 9 nitrogen and oxygen atoms in total. The minimum absolute atomic E-state index is 0.0792. The number of hydrogen-bond donors (Lipinski definition) is 2. The molecule has 0 radical (unpaired) electrons. The maximum absolute atomic E-state index is 12.1. The van der Waals surface area contributed by atoms with Crippen molar-refractivity contribution in [3.8, 4) is 34.7 Å². The van der Waals surface area contributed by atoms with Gasteiger partial charge in [-0.3, -0.25) is 5.10 Å². The second-order valence-corrected chi connectivity index (χ2v) is 5.81. The molecule has 0 spiro atoms. The first-order chi connectivity index (χ1) is 13.6. The van der Waals surface area contributed by atoms with Gasteiger partial charge in [-0.15, -0.1) is 0 Å². The summed E-state index contributed by atoms with van der Waals surface area (Å²) < 4.78 is 11.6. The van der Waals surface area contributed by atoms with Crippen molar-refractivity contribution in [2.24, 2.45) is 0 Å². The minimum Gasteiger partial charge on any atom is -0.464 e. The fourth-order valence-electron chi connectivity index (χ4n) is 2.80. The molecule has 4 aromatic rings. The molecule has 0 unspecified atom stereocenters. The SMILES string of the molecule is COC(=O)c1c(N)c(C#N)cn1-c1ccc(-c2n[nH]c(-c3ccco3)n2)cc1. The van der Waals surface area contributed by atoms with Gasteiger partial charge >= 0.3 is 5.97 Å². The number of rotatable bonds is 4. The number of carbonyl (C=O) groups is 1. The van der Waals surface area contributed by atoms with E-state index in [1.807, 2.05) is 6.07 Å². The normalized spacial score (nSPS) is 10.6. The fourth-order valence-corrected chi connectivity index (χ4v) is 2.80. The Bertz CT molecular complexity index is 1180. The van der Waals surface area contributed by atoms with E-state index in [1.54, 1.807) is 42.7 Å². The zero-order chi connectivity index (χ0) is 19.7. The molecule has 28 heavy (non-hydrogen) atoms. The fraction of sp³-hybridized carbons (Fsp3) is 0.0526. The van der Waals surface area contributed by atoms with E-state index < -0.39 is 5.97 Å². The van der Waals surface area contributed by atoms with Crippen LogP contribution in [0.2, 0.25) is 0 Å². The number of nitriles is 1. The van der Waals surface area contributed by atoms with Crippen molar-refractivity contribution in [1.82, 2.24) is 19.7 Å². The van der Waals surface area contributed by atoms with Crippen LogP contribution in [0.1, 0.15) is 16.1 Å². The smallest absolute Gasteiger partial charge is 0.357 e. The first-order valence-electron chi connectivity index (χ1n) is 8.18. The molecule has 0 aliphatic heterocycles. The van der Waals surface area contributed by atoms with Gasteiger partial charge in [-0.25, -0.2) is 9.78 Å². The lowest BCUT2D eigenvalue weighted by atomic mass is 10.2. The van der Waals surface area contributed by atoms with Crippen molar-refractivity contribution in [3.05, 3.63) is 60.1 Å². The van der Waals surface area contributed by atoms with E-state index in [0.717, 1.165) is 5.56 Å². The van der Waals surface area contributed by atoms with Gasteiger partial charge in [-0.2, -0.15) is 10.4 Å².